The van der Waals surface area contributed by atoms with Crippen molar-refractivity contribution in [3.63, 3.8) is 0 Å². The van der Waals surface area contributed by atoms with Crippen LogP contribution in [0.2, 0.25) is 0 Å². The predicted molar refractivity (Wildman–Crippen MR) is 163 cm³/mol. The van der Waals surface area contributed by atoms with Crippen molar-refractivity contribution in [1.82, 2.24) is 9.88 Å². The molecule has 41 heavy (non-hydrogen) atoms. The van der Waals surface area contributed by atoms with Crippen molar-refractivity contribution in [2.75, 3.05) is 16.8 Å². The Bertz CT molecular complexity index is 1740. The Morgan fingerprint density at radius 2 is 1.59 bits per heavy atom. The monoisotopic (exact) mass is 578 g/mol. The van der Waals surface area contributed by atoms with E-state index in [0.29, 0.717) is 11.3 Å². The molecule has 0 saturated carbocycles. The molecule has 7 nitrogen and oxygen atoms in total. The Labute approximate surface area is 245 Å². The lowest BCUT2D eigenvalue weighted by Gasteiger charge is -2.27. The minimum absolute atomic E-state index is 0.210. The number of carbonyl (C=O) groups is 3. The van der Waals surface area contributed by atoms with E-state index < -0.39 is 0 Å². The number of anilines is 2. The van der Waals surface area contributed by atoms with Gasteiger partial charge in [0, 0.05) is 48.5 Å². The summed E-state index contributed by atoms with van der Waals surface area (Å²) >= 11 is 3.27. The number of aromatic nitrogens is 1. The fourth-order valence-electron chi connectivity index (χ4n) is 5.53. The lowest BCUT2D eigenvalue weighted by molar-refractivity contribution is -0.121. The van der Waals surface area contributed by atoms with E-state index in [2.05, 4.69) is 40.5 Å². The summed E-state index contributed by atoms with van der Waals surface area (Å²) in [5, 5.41) is 4.89. The summed E-state index contributed by atoms with van der Waals surface area (Å²) < 4.78 is 1.11. The first kappa shape index (κ1) is 25.8. The zero-order chi connectivity index (χ0) is 27.9. The number of nitrogens with one attached hydrogen (secondary N) is 1. The second-order valence-electron chi connectivity index (χ2n) is 10.3. The lowest BCUT2D eigenvalue weighted by atomic mass is 10.0. The fourth-order valence-corrected chi connectivity index (χ4v) is 7.92. The van der Waals surface area contributed by atoms with Crippen LogP contribution in [0.4, 0.5) is 10.7 Å². The SMILES string of the molecule is O=C(Nc1sc2c(c1-c1nc3ccccc3s1)CCN(Cc1ccccc1)C2)c1ccc(N2C(=O)CCC2=O)cc1. The van der Waals surface area contributed by atoms with Crippen LogP contribution in [-0.2, 0) is 29.1 Å². The van der Waals surface area contributed by atoms with E-state index in [0.717, 1.165) is 51.8 Å². The number of fused-ring (bicyclic) bond motifs is 2. The first-order chi connectivity index (χ1) is 20.0. The molecule has 0 aliphatic carbocycles. The van der Waals surface area contributed by atoms with Crippen LogP contribution >= 0.6 is 22.7 Å². The lowest BCUT2D eigenvalue weighted by Crippen LogP contribution is -2.29. The minimum atomic E-state index is -0.238. The van der Waals surface area contributed by atoms with Gasteiger partial charge in [0.25, 0.3) is 5.91 Å². The first-order valence-corrected chi connectivity index (χ1v) is 15.2. The second-order valence-corrected chi connectivity index (χ2v) is 12.4. The summed E-state index contributed by atoms with van der Waals surface area (Å²) in [6.45, 7) is 2.62. The molecule has 2 aromatic heterocycles. The molecular formula is C32H26N4O3S2. The summed E-state index contributed by atoms with van der Waals surface area (Å²) in [4.78, 5) is 47.6. The molecule has 0 unspecified atom stereocenters. The van der Waals surface area contributed by atoms with Gasteiger partial charge in [-0.05, 0) is 53.9 Å². The molecule has 2 aliphatic heterocycles. The molecule has 5 aromatic rings. The van der Waals surface area contributed by atoms with Gasteiger partial charge in [-0.2, -0.15) is 0 Å². The fraction of sp³-hybridized carbons (Fsp3) is 0.188. The van der Waals surface area contributed by atoms with Crippen LogP contribution in [-0.4, -0.2) is 34.2 Å². The van der Waals surface area contributed by atoms with Crippen LogP contribution in [0.15, 0.2) is 78.9 Å². The highest BCUT2D eigenvalue weighted by Crippen LogP contribution is 2.46. The van der Waals surface area contributed by atoms with Crippen LogP contribution in [0, 0.1) is 0 Å². The summed E-state index contributed by atoms with van der Waals surface area (Å²) in [7, 11) is 0. The van der Waals surface area contributed by atoms with E-state index >= 15 is 0 Å². The number of thiophene rings is 1. The van der Waals surface area contributed by atoms with Gasteiger partial charge in [-0.3, -0.25) is 24.2 Å². The van der Waals surface area contributed by atoms with Crippen molar-refractivity contribution in [1.29, 1.82) is 0 Å². The van der Waals surface area contributed by atoms with E-state index in [4.69, 9.17) is 4.98 Å². The number of hydrogen-bond donors (Lipinski definition) is 1. The third kappa shape index (κ3) is 4.97. The van der Waals surface area contributed by atoms with E-state index in [9.17, 15) is 14.4 Å². The number of imide groups is 1. The van der Waals surface area contributed by atoms with Crippen LogP contribution < -0.4 is 10.2 Å². The van der Waals surface area contributed by atoms with Gasteiger partial charge < -0.3 is 5.32 Å². The molecule has 0 atom stereocenters. The first-order valence-electron chi connectivity index (χ1n) is 13.6. The highest BCUT2D eigenvalue weighted by Gasteiger charge is 2.31. The molecule has 204 valence electrons. The van der Waals surface area contributed by atoms with Gasteiger partial charge in [0.15, 0.2) is 0 Å². The van der Waals surface area contributed by atoms with Crippen molar-refractivity contribution < 1.29 is 14.4 Å². The van der Waals surface area contributed by atoms with Crippen molar-refractivity contribution in [2.24, 2.45) is 0 Å². The summed E-state index contributed by atoms with van der Waals surface area (Å²) in [5.41, 5.74) is 5.47. The Morgan fingerprint density at radius 3 is 2.34 bits per heavy atom. The summed E-state index contributed by atoms with van der Waals surface area (Å²) in [6.07, 6.45) is 1.33. The average Bonchev–Trinajstić information content (AvgIpc) is 3.67. The molecule has 0 bridgehead atoms. The van der Waals surface area contributed by atoms with E-state index in [1.165, 1.54) is 20.9 Å². The van der Waals surface area contributed by atoms with Gasteiger partial charge in [0.1, 0.15) is 10.0 Å². The van der Waals surface area contributed by atoms with Gasteiger partial charge in [-0.15, -0.1) is 22.7 Å². The number of hydrogen-bond acceptors (Lipinski definition) is 7. The molecule has 1 fully saturated rings. The predicted octanol–water partition coefficient (Wildman–Crippen LogP) is 6.49. The molecule has 2 aliphatic rings. The number of para-hydroxylation sites is 1. The molecule has 1 saturated heterocycles. The molecule has 3 aromatic carbocycles. The zero-order valence-corrected chi connectivity index (χ0v) is 23.8. The zero-order valence-electron chi connectivity index (χ0n) is 22.1. The van der Waals surface area contributed by atoms with E-state index in [1.807, 2.05) is 24.3 Å². The molecule has 3 amide bonds. The second kappa shape index (κ2) is 10.7. The molecule has 4 heterocycles. The van der Waals surface area contributed by atoms with Gasteiger partial charge in [0.2, 0.25) is 11.8 Å². The maximum Gasteiger partial charge on any atom is 0.256 e. The van der Waals surface area contributed by atoms with Gasteiger partial charge >= 0.3 is 0 Å². The Morgan fingerprint density at radius 1 is 0.854 bits per heavy atom. The quantitative estimate of drug-likeness (QED) is 0.233. The largest absolute Gasteiger partial charge is 0.313 e. The molecule has 0 spiro atoms. The van der Waals surface area contributed by atoms with Crippen molar-refractivity contribution in [2.45, 2.75) is 32.4 Å². The van der Waals surface area contributed by atoms with Crippen LogP contribution in [0.3, 0.4) is 0 Å². The Hall–Kier alpha value is -4.18. The van der Waals surface area contributed by atoms with Crippen molar-refractivity contribution in [3.05, 3.63) is 100 Å². The van der Waals surface area contributed by atoms with E-state index in [1.54, 1.807) is 46.9 Å². The normalized spacial score (nSPS) is 15.5. The number of amides is 3. The van der Waals surface area contributed by atoms with Gasteiger partial charge in [0.05, 0.1) is 15.9 Å². The Balaban J connectivity index is 1.19. The van der Waals surface area contributed by atoms with Crippen molar-refractivity contribution in [3.8, 4) is 10.6 Å². The third-order valence-electron chi connectivity index (χ3n) is 7.56. The highest BCUT2D eigenvalue weighted by molar-refractivity contribution is 7.23. The topological polar surface area (TPSA) is 82.6 Å². The summed E-state index contributed by atoms with van der Waals surface area (Å²) in [5.74, 6) is -0.658. The Kier molecular flexibility index (Phi) is 6.70. The van der Waals surface area contributed by atoms with E-state index in [-0.39, 0.29) is 30.6 Å². The number of rotatable bonds is 6. The molecule has 1 N–H and O–H groups in total. The number of carbonyl (C=O) groups excluding carboxylic acids is 3. The number of nitrogens with zero attached hydrogens (tertiary/aromatic N) is 3. The number of benzene rings is 3. The highest BCUT2D eigenvalue weighted by atomic mass is 32.1. The van der Waals surface area contributed by atoms with Crippen LogP contribution in [0.5, 0.6) is 0 Å². The maximum atomic E-state index is 13.5. The van der Waals surface area contributed by atoms with Crippen LogP contribution in [0.25, 0.3) is 20.8 Å². The third-order valence-corrected chi connectivity index (χ3v) is 9.75. The molecule has 7 rings (SSSR count). The molecule has 9 heteroatoms. The minimum Gasteiger partial charge on any atom is -0.313 e. The van der Waals surface area contributed by atoms with Gasteiger partial charge in [-0.1, -0.05) is 42.5 Å². The standard InChI is InChI=1S/C32H26N4O3S2/c37-27-14-15-28(38)36(27)22-12-10-21(11-13-22)30(39)34-32-29(31-33-24-8-4-5-9-25(24)40-31)23-16-17-35(19-26(23)41-32)18-20-6-2-1-3-7-20/h1-13H,14-19H2,(H,34,39). The molecular weight excluding hydrogens is 553 g/mol. The maximum absolute atomic E-state index is 13.5. The number of thiazole rings is 1. The molecule has 0 radical (unpaired) electrons. The van der Waals surface area contributed by atoms with Gasteiger partial charge in [-0.25, -0.2) is 4.98 Å². The van der Waals surface area contributed by atoms with Crippen LogP contribution in [0.1, 0.15) is 39.2 Å². The van der Waals surface area contributed by atoms with Crippen molar-refractivity contribution >= 4 is 61.3 Å². The average molecular weight is 579 g/mol. The smallest absolute Gasteiger partial charge is 0.256 e. The summed E-state index contributed by atoms with van der Waals surface area (Å²) in [6, 6.07) is 25.2.